The van der Waals surface area contributed by atoms with Gasteiger partial charge in [0.25, 0.3) is 5.91 Å². The summed E-state index contributed by atoms with van der Waals surface area (Å²) in [5.41, 5.74) is 2.28. The number of halogens is 3. The van der Waals surface area contributed by atoms with Crippen molar-refractivity contribution < 1.29 is 18.0 Å². The molecule has 0 aliphatic carbocycles. The number of nitrogens with zero attached hydrogens (tertiary/aromatic N) is 1. The molecule has 0 fully saturated rings. The van der Waals surface area contributed by atoms with Crippen molar-refractivity contribution in [3.8, 4) is 0 Å². The maximum Gasteiger partial charge on any atom is 0.406 e. The van der Waals surface area contributed by atoms with E-state index in [1.807, 2.05) is 6.92 Å². The maximum absolute atomic E-state index is 12.6. The molecule has 1 amide bonds. The van der Waals surface area contributed by atoms with Crippen LogP contribution >= 0.6 is 0 Å². The third kappa shape index (κ3) is 4.12. The number of hydrogen-bond acceptors (Lipinski definition) is 2. The zero-order valence-electron chi connectivity index (χ0n) is 12.0. The predicted molar refractivity (Wildman–Crippen MR) is 75.5 cm³/mol. The predicted octanol–water partition coefficient (Wildman–Crippen LogP) is 3.46. The first kappa shape index (κ1) is 15.7. The highest BCUT2D eigenvalue weighted by Gasteiger charge is 2.33. The fraction of sp³-hybridized carbons (Fsp3) is 0.533. The molecule has 21 heavy (non-hydrogen) atoms. The molecule has 0 spiro atoms. The molecule has 1 N–H and O–H groups in total. The molecule has 116 valence electrons. The fourth-order valence-electron chi connectivity index (χ4n) is 2.44. The zero-order chi connectivity index (χ0) is 15.5. The summed E-state index contributed by atoms with van der Waals surface area (Å²) in [5.74, 6) is -0.546. The smallest absolute Gasteiger partial charge is 0.384 e. The Morgan fingerprint density at radius 3 is 2.81 bits per heavy atom. The molecule has 0 radical (unpaired) electrons. The van der Waals surface area contributed by atoms with Gasteiger partial charge in [0.05, 0.1) is 0 Å². The van der Waals surface area contributed by atoms with Crippen molar-refractivity contribution in [3.63, 3.8) is 0 Å². The lowest BCUT2D eigenvalue weighted by Crippen LogP contribution is -2.39. The molecule has 0 unspecified atom stereocenters. The van der Waals surface area contributed by atoms with E-state index in [0.29, 0.717) is 12.0 Å². The van der Waals surface area contributed by atoms with Gasteiger partial charge in [-0.3, -0.25) is 4.79 Å². The van der Waals surface area contributed by atoms with Crippen molar-refractivity contribution in [2.75, 3.05) is 25.0 Å². The van der Waals surface area contributed by atoms with Gasteiger partial charge in [0.1, 0.15) is 6.54 Å². The van der Waals surface area contributed by atoms with Gasteiger partial charge in [-0.15, -0.1) is 0 Å². The van der Waals surface area contributed by atoms with Crippen LogP contribution in [0.5, 0.6) is 0 Å². The number of unbranched alkanes of at least 4 members (excludes halogenated alkanes) is 1. The normalized spacial score (nSPS) is 13.7. The summed E-state index contributed by atoms with van der Waals surface area (Å²) in [6, 6.07) is 5.06. The SMILES string of the molecule is CCCCN(CC(F)(F)F)C(=O)c1ccc2c(c1)CCN2. The second kappa shape index (κ2) is 6.37. The number of nitrogens with one attached hydrogen (secondary N) is 1. The van der Waals surface area contributed by atoms with Crippen molar-refractivity contribution >= 4 is 11.6 Å². The molecule has 1 aromatic carbocycles. The minimum Gasteiger partial charge on any atom is -0.384 e. The number of anilines is 1. The van der Waals surface area contributed by atoms with Gasteiger partial charge in [0.2, 0.25) is 0 Å². The van der Waals surface area contributed by atoms with Crippen LogP contribution in [-0.4, -0.2) is 36.6 Å². The van der Waals surface area contributed by atoms with Crippen LogP contribution < -0.4 is 5.32 Å². The number of fused-ring (bicyclic) bond motifs is 1. The van der Waals surface area contributed by atoms with Gasteiger partial charge in [-0.2, -0.15) is 13.2 Å². The highest BCUT2D eigenvalue weighted by molar-refractivity contribution is 5.95. The Balaban J connectivity index is 2.16. The summed E-state index contributed by atoms with van der Waals surface area (Å²) in [4.78, 5) is 13.2. The van der Waals surface area contributed by atoms with Crippen LogP contribution in [0.25, 0.3) is 0 Å². The maximum atomic E-state index is 12.6. The van der Waals surface area contributed by atoms with Crippen molar-refractivity contribution in [3.05, 3.63) is 29.3 Å². The molecule has 0 atom stereocenters. The van der Waals surface area contributed by atoms with E-state index in [1.165, 1.54) is 0 Å². The Bertz CT molecular complexity index is 514. The summed E-state index contributed by atoms with van der Waals surface area (Å²) in [7, 11) is 0. The molecule has 0 saturated heterocycles. The van der Waals surface area contributed by atoms with Crippen molar-refractivity contribution in [1.29, 1.82) is 0 Å². The van der Waals surface area contributed by atoms with E-state index in [-0.39, 0.29) is 6.54 Å². The molecule has 1 heterocycles. The Kier molecular flexibility index (Phi) is 4.75. The third-order valence-corrected chi connectivity index (χ3v) is 3.50. The van der Waals surface area contributed by atoms with Crippen LogP contribution in [-0.2, 0) is 6.42 Å². The lowest BCUT2D eigenvalue weighted by Gasteiger charge is -2.24. The van der Waals surface area contributed by atoms with Crippen LogP contribution in [0.1, 0.15) is 35.7 Å². The lowest BCUT2D eigenvalue weighted by atomic mass is 10.1. The monoisotopic (exact) mass is 300 g/mol. The van der Waals surface area contributed by atoms with Gasteiger partial charge in [-0.05, 0) is 36.6 Å². The largest absolute Gasteiger partial charge is 0.406 e. The van der Waals surface area contributed by atoms with Crippen LogP contribution in [0.4, 0.5) is 18.9 Å². The van der Waals surface area contributed by atoms with Crippen LogP contribution in [0.2, 0.25) is 0 Å². The van der Waals surface area contributed by atoms with E-state index in [9.17, 15) is 18.0 Å². The van der Waals surface area contributed by atoms with Crippen molar-refractivity contribution in [2.45, 2.75) is 32.4 Å². The molecule has 0 aromatic heterocycles. The number of amides is 1. The minimum atomic E-state index is -4.37. The molecule has 0 saturated carbocycles. The molecule has 1 aromatic rings. The summed E-state index contributed by atoms with van der Waals surface area (Å²) in [6.07, 6.45) is -2.27. The molecular formula is C15H19F3N2O. The summed E-state index contributed by atoms with van der Waals surface area (Å²) in [6.45, 7) is 1.62. The first-order valence-electron chi connectivity index (χ1n) is 7.13. The van der Waals surface area contributed by atoms with Crippen LogP contribution in [0.15, 0.2) is 18.2 Å². The average Bonchev–Trinajstić information content (AvgIpc) is 2.88. The summed E-state index contributed by atoms with van der Waals surface area (Å²) >= 11 is 0. The number of carbonyl (C=O) groups is 1. The van der Waals surface area contributed by atoms with E-state index < -0.39 is 18.6 Å². The van der Waals surface area contributed by atoms with E-state index >= 15 is 0 Å². The topological polar surface area (TPSA) is 32.3 Å². The van der Waals surface area contributed by atoms with E-state index in [0.717, 1.165) is 35.5 Å². The van der Waals surface area contributed by atoms with Crippen LogP contribution in [0, 0.1) is 0 Å². The van der Waals surface area contributed by atoms with E-state index in [2.05, 4.69) is 5.32 Å². The number of carbonyl (C=O) groups excluding carboxylic acids is 1. The standard InChI is InChI=1S/C15H19F3N2O/c1-2-3-8-20(10-15(16,17)18)14(21)12-4-5-13-11(9-12)6-7-19-13/h4-5,9,19H,2-3,6-8,10H2,1H3. The molecule has 1 aliphatic rings. The van der Waals surface area contributed by atoms with Crippen molar-refractivity contribution in [1.82, 2.24) is 4.90 Å². The minimum absolute atomic E-state index is 0.129. The van der Waals surface area contributed by atoms with E-state index in [1.54, 1.807) is 18.2 Å². The first-order valence-corrected chi connectivity index (χ1v) is 7.13. The number of alkyl halides is 3. The second-order valence-electron chi connectivity index (χ2n) is 5.24. The summed E-state index contributed by atoms with van der Waals surface area (Å²) < 4.78 is 37.9. The Labute approximate surface area is 122 Å². The van der Waals surface area contributed by atoms with Gasteiger partial charge in [-0.25, -0.2) is 0 Å². The van der Waals surface area contributed by atoms with Gasteiger partial charge < -0.3 is 10.2 Å². The quantitative estimate of drug-likeness (QED) is 0.903. The van der Waals surface area contributed by atoms with Gasteiger partial charge in [0.15, 0.2) is 0 Å². The number of hydrogen-bond donors (Lipinski definition) is 1. The Hall–Kier alpha value is -1.72. The third-order valence-electron chi connectivity index (χ3n) is 3.50. The second-order valence-corrected chi connectivity index (χ2v) is 5.24. The highest BCUT2D eigenvalue weighted by Crippen LogP contribution is 2.25. The van der Waals surface area contributed by atoms with Gasteiger partial charge >= 0.3 is 6.18 Å². The Morgan fingerprint density at radius 1 is 1.38 bits per heavy atom. The summed E-state index contributed by atoms with van der Waals surface area (Å²) in [5, 5.41) is 3.16. The fourth-order valence-corrected chi connectivity index (χ4v) is 2.44. The van der Waals surface area contributed by atoms with Gasteiger partial charge in [-0.1, -0.05) is 13.3 Å². The highest BCUT2D eigenvalue weighted by atomic mass is 19.4. The average molecular weight is 300 g/mol. The number of rotatable bonds is 5. The molecule has 2 rings (SSSR count). The molecule has 1 aliphatic heterocycles. The molecule has 6 heteroatoms. The number of benzene rings is 1. The van der Waals surface area contributed by atoms with E-state index in [4.69, 9.17) is 0 Å². The molecule has 0 bridgehead atoms. The zero-order valence-corrected chi connectivity index (χ0v) is 12.0. The van der Waals surface area contributed by atoms with Gasteiger partial charge in [0, 0.05) is 24.3 Å². The Morgan fingerprint density at radius 2 is 2.14 bits per heavy atom. The van der Waals surface area contributed by atoms with Crippen molar-refractivity contribution in [2.24, 2.45) is 0 Å². The molecule has 3 nitrogen and oxygen atoms in total. The lowest BCUT2D eigenvalue weighted by molar-refractivity contribution is -0.140. The molecular weight excluding hydrogens is 281 g/mol. The first-order chi connectivity index (χ1) is 9.90. The van der Waals surface area contributed by atoms with Crippen LogP contribution in [0.3, 0.4) is 0 Å².